The second-order valence-electron chi connectivity index (χ2n) is 6.07. The van der Waals surface area contributed by atoms with E-state index in [-0.39, 0.29) is 24.7 Å². The molecule has 0 spiro atoms. The van der Waals surface area contributed by atoms with Gasteiger partial charge in [0.2, 0.25) is 12.2 Å². The first-order chi connectivity index (χ1) is 11.6. The molecule has 2 unspecified atom stereocenters. The van der Waals surface area contributed by atoms with Gasteiger partial charge in [-0.25, -0.2) is 0 Å². The second kappa shape index (κ2) is 6.95. The first-order valence-corrected chi connectivity index (χ1v) is 8.10. The first kappa shape index (κ1) is 16.4. The van der Waals surface area contributed by atoms with E-state index < -0.39 is 11.7 Å². The van der Waals surface area contributed by atoms with Crippen LogP contribution in [0.25, 0.3) is 0 Å². The monoisotopic (exact) mass is 331 g/mol. The van der Waals surface area contributed by atoms with Crippen molar-refractivity contribution >= 4 is 11.9 Å². The van der Waals surface area contributed by atoms with Crippen molar-refractivity contribution < 1.29 is 23.8 Å². The van der Waals surface area contributed by atoms with E-state index in [1.807, 2.05) is 30.3 Å². The zero-order valence-electron chi connectivity index (χ0n) is 13.6. The van der Waals surface area contributed by atoms with Crippen molar-refractivity contribution in [3.63, 3.8) is 0 Å². The Hall–Kier alpha value is -2.50. The molecule has 1 fully saturated rings. The Morgan fingerprint density at radius 2 is 2.17 bits per heavy atom. The van der Waals surface area contributed by atoms with Crippen LogP contribution in [0.1, 0.15) is 25.3 Å². The largest absolute Gasteiger partial charge is 0.466 e. The molecule has 1 N–H and O–H groups in total. The maximum atomic E-state index is 12.0. The van der Waals surface area contributed by atoms with Crippen LogP contribution >= 0.6 is 0 Å². The van der Waals surface area contributed by atoms with Gasteiger partial charge in [-0.15, -0.1) is 0 Å². The van der Waals surface area contributed by atoms with Crippen molar-refractivity contribution in [1.29, 1.82) is 0 Å². The lowest BCUT2D eigenvalue weighted by atomic mass is 9.81. The number of hydrogen-bond acceptors (Lipinski definition) is 5. The van der Waals surface area contributed by atoms with Crippen LogP contribution < -0.4 is 5.32 Å². The molecule has 6 nitrogen and oxygen atoms in total. The van der Waals surface area contributed by atoms with Gasteiger partial charge in [0.15, 0.2) is 0 Å². The molecule has 0 aromatic heterocycles. The van der Waals surface area contributed by atoms with E-state index in [0.29, 0.717) is 25.3 Å². The topological polar surface area (TPSA) is 73.9 Å². The number of carbonyl (C=O) groups is 2. The molecule has 0 bridgehead atoms. The maximum absolute atomic E-state index is 12.0. The normalized spacial score (nSPS) is 25.5. The van der Waals surface area contributed by atoms with Crippen LogP contribution in [0.15, 0.2) is 42.4 Å². The Balaban J connectivity index is 1.68. The van der Waals surface area contributed by atoms with Crippen LogP contribution in [0.3, 0.4) is 0 Å². The molecule has 2 atom stereocenters. The summed E-state index contributed by atoms with van der Waals surface area (Å²) in [5.41, 5.74) is 0.367. The Morgan fingerprint density at radius 1 is 1.38 bits per heavy atom. The molecule has 1 aromatic carbocycles. The smallest absolute Gasteiger partial charge is 0.306 e. The average molecular weight is 331 g/mol. The van der Waals surface area contributed by atoms with Gasteiger partial charge < -0.3 is 19.5 Å². The zero-order chi connectivity index (χ0) is 17.0. The molecule has 0 saturated carbocycles. The molecule has 3 rings (SSSR count). The highest BCUT2D eigenvalue weighted by Crippen LogP contribution is 2.42. The number of benzene rings is 1. The summed E-state index contributed by atoms with van der Waals surface area (Å²) in [6, 6.07) is 9.87. The number of nitrogens with one attached hydrogen (secondary N) is 1. The van der Waals surface area contributed by atoms with E-state index in [9.17, 15) is 9.59 Å². The molecular weight excluding hydrogens is 310 g/mol. The fourth-order valence-corrected chi connectivity index (χ4v) is 3.06. The van der Waals surface area contributed by atoms with Crippen LogP contribution in [0.4, 0.5) is 0 Å². The molecule has 2 aliphatic rings. The molecule has 2 heterocycles. The average Bonchev–Trinajstić information content (AvgIpc) is 3.17. The molecule has 6 heteroatoms. The minimum atomic E-state index is -0.727. The Kier molecular flexibility index (Phi) is 4.74. The molecule has 0 radical (unpaired) electrons. The van der Waals surface area contributed by atoms with Gasteiger partial charge in [0.25, 0.3) is 0 Å². The molecular formula is C18H21NO5. The minimum Gasteiger partial charge on any atom is -0.466 e. The number of carbonyl (C=O) groups excluding carboxylic acids is 2. The highest BCUT2D eigenvalue weighted by atomic mass is 16.7. The van der Waals surface area contributed by atoms with Crippen molar-refractivity contribution in [3.8, 4) is 0 Å². The van der Waals surface area contributed by atoms with Crippen molar-refractivity contribution in [1.82, 2.24) is 5.32 Å². The van der Waals surface area contributed by atoms with Crippen LogP contribution in [0.2, 0.25) is 0 Å². The van der Waals surface area contributed by atoms with Gasteiger partial charge in [-0.2, -0.15) is 0 Å². The van der Waals surface area contributed by atoms with Crippen LogP contribution in [0, 0.1) is 5.41 Å². The summed E-state index contributed by atoms with van der Waals surface area (Å²) < 4.78 is 16.6. The summed E-state index contributed by atoms with van der Waals surface area (Å²) in [5.74, 6) is 0.0927. The third-order valence-electron chi connectivity index (χ3n) is 4.26. The van der Waals surface area contributed by atoms with E-state index in [1.54, 1.807) is 6.92 Å². The van der Waals surface area contributed by atoms with E-state index in [1.165, 1.54) is 6.26 Å². The Labute approximate surface area is 140 Å². The summed E-state index contributed by atoms with van der Waals surface area (Å²) in [4.78, 5) is 23.7. The second-order valence-corrected chi connectivity index (χ2v) is 6.07. The lowest BCUT2D eigenvalue weighted by Crippen LogP contribution is -2.31. The predicted octanol–water partition coefficient (Wildman–Crippen LogP) is 1.90. The molecule has 24 heavy (non-hydrogen) atoms. The SMILES string of the molecule is CCOC(=O)CC1(C2=COC(Cc3ccccc3)O2)CNC(=O)C1. The van der Waals surface area contributed by atoms with Crippen molar-refractivity contribution in [2.45, 2.75) is 32.5 Å². The molecule has 0 aliphatic carbocycles. The number of hydrogen-bond donors (Lipinski definition) is 1. The fourth-order valence-electron chi connectivity index (χ4n) is 3.06. The van der Waals surface area contributed by atoms with Gasteiger partial charge in [0.1, 0.15) is 12.0 Å². The molecule has 1 saturated heterocycles. The first-order valence-electron chi connectivity index (χ1n) is 8.10. The van der Waals surface area contributed by atoms with Crippen LogP contribution in [-0.4, -0.2) is 31.3 Å². The molecule has 2 aliphatic heterocycles. The predicted molar refractivity (Wildman–Crippen MR) is 85.5 cm³/mol. The molecule has 1 amide bonds. The van der Waals surface area contributed by atoms with Gasteiger partial charge >= 0.3 is 5.97 Å². The standard InChI is InChI=1S/C18H21NO5/c1-2-22-16(21)10-18(9-15(20)19-12-18)14-11-23-17(24-14)8-13-6-4-3-5-7-13/h3-7,11,17H,2,8-10,12H2,1H3,(H,19,20). The summed E-state index contributed by atoms with van der Waals surface area (Å²) in [7, 11) is 0. The summed E-state index contributed by atoms with van der Waals surface area (Å²) >= 11 is 0. The molecule has 128 valence electrons. The van der Waals surface area contributed by atoms with Crippen LogP contribution in [0.5, 0.6) is 0 Å². The van der Waals surface area contributed by atoms with Crippen molar-refractivity contribution in [3.05, 3.63) is 47.9 Å². The third kappa shape index (κ3) is 3.53. The van der Waals surface area contributed by atoms with Gasteiger partial charge in [0.05, 0.1) is 18.4 Å². The maximum Gasteiger partial charge on any atom is 0.306 e. The van der Waals surface area contributed by atoms with Gasteiger partial charge in [-0.05, 0) is 12.5 Å². The Bertz CT molecular complexity index is 642. The van der Waals surface area contributed by atoms with Gasteiger partial charge in [0, 0.05) is 19.4 Å². The summed E-state index contributed by atoms with van der Waals surface area (Å²) in [5, 5.41) is 2.78. The number of ether oxygens (including phenoxy) is 3. The highest BCUT2D eigenvalue weighted by Gasteiger charge is 2.48. The van der Waals surface area contributed by atoms with E-state index >= 15 is 0 Å². The third-order valence-corrected chi connectivity index (χ3v) is 4.26. The van der Waals surface area contributed by atoms with Gasteiger partial charge in [-0.3, -0.25) is 9.59 Å². The van der Waals surface area contributed by atoms with Crippen molar-refractivity contribution in [2.24, 2.45) is 5.41 Å². The number of rotatable bonds is 6. The lowest BCUT2D eigenvalue weighted by molar-refractivity contribution is -0.146. The van der Waals surface area contributed by atoms with Crippen LogP contribution in [-0.2, 0) is 30.2 Å². The number of amides is 1. The Morgan fingerprint density at radius 3 is 2.83 bits per heavy atom. The minimum absolute atomic E-state index is 0.0901. The summed E-state index contributed by atoms with van der Waals surface area (Å²) in [6.45, 7) is 2.41. The summed E-state index contributed by atoms with van der Waals surface area (Å²) in [6.07, 6.45) is 1.97. The van der Waals surface area contributed by atoms with E-state index in [0.717, 1.165) is 5.56 Å². The van der Waals surface area contributed by atoms with Gasteiger partial charge in [-0.1, -0.05) is 30.3 Å². The molecule has 1 aromatic rings. The lowest BCUT2D eigenvalue weighted by Gasteiger charge is -2.26. The van der Waals surface area contributed by atoms with Crippen molar-refractivity contribution in [2.75, 3.05) is 13.2 Å². The zero-order valence-corrected chi connectivity index (χ0v) is 13.6. The number of esters is 1. The highest BCUT2D eigenvalue weighted by molar-refractivity contribution is 5.82. The van der Waals surface area contributed by atoms with E-state index in [4.69, 9.17) is 14.2 Å². The van der Waals surface area contributed by atoms with E-state index in [2.05, 4.69) is 5.32 Å². The quantitative estimate of drug-likeness (QED) is 0.806. The fraction of sp³-hybridized carbons (Fsp3) is 0.444.